The Morgan fingerprint density at radius 1 is 0.689 bits per heavy atom. The van der Waals surface area contributed by atoms with Gasteiger partial charge in [0.2, 0.25) is 0 Å². The van der Waals surface area contributed by atoms with E-state index < -0.39 is 0 Å². The Balaban J connectivity index is 1.74. The second-order valence-corrected chi connectivity index (χ2v) is 19.5. The van der Waals surface area contributed by atoms with Crippen LogP contribution in [-0.4, -0.2) is 23.3 Å². The number of aliphatic hydroxyl groups is 1. The highest BCUT2D eigenvalue weighted by Gasteiger charge is 2.36. The predicted octanol–water partition coefficient (Wildman–Crippen LogP) is 17.0. The van der Waals surface area contributed by atoms with Crippen molar-refractivity contribution in [3.63, 3.8) is 0 Å². The number of unbranched alkanes of at least 4 members (excludes halogenated alkanes) is 11. The lowest BCUT2D eigenvalue weighted by atomic mass is 9.67. The Morgan fingerprint density at radius 2 is 1.20 bits per heavy atom. The maximum atomic E-state index is 12.7. The van der Waals surface area contributed by atoms with Crippen molar-refractivity contribution in [2.24, 2.45) is 16.7 Å². The van der Waals surface area contributed by atoms with Gasteiger partial charge >= 0.3 is 5.97 Å². The van der Waals surface area contributed by atoms with Crippen molar-refractivity contribution in [1.82, 2.24) is 0 Å². The van der Waals surface area contributed by atoms with E-state index in [4.69, 9.17) is 4.74 Å². The maximum Gasteiger partial charge on any atom is 0.306 e. The van der Waals surface area contributed by atoms with E-state index in [0.717, 1.165) is 32.1 Å². The first-order chi connectivity index (χ1) is 29.0. The number of hydrogen-bond acceptors (Lipinski definition) is 3. The molecule has 0 aromatic heterocycles. The molecular formula is C58H88O3. The summed E-state index contributed by atoms with van der Waals surface area (Å²) in [6, 6.07) is 0. The molecule has 3 atom stereocenters. The molecule has 2 rings (SSSR count). The molecule has 0 saturated heterocycles. The topological polar surface area (TPSA) is 46.5 Å². The number of rotatable bonds is 26. The zero-order valence-corrected chi connectivity index (χ0v) is 40.8. The number of allylic oxidation sites excluding steroid dienone is 22. The smallest absolute Gasteiger partial charge is 0.306 e. The van der Waals surface area contributed by atoms with Crippen molar-refractivity contribution in [3.05, 3.63) is 142 Å². The molecule has 0 spiro atoms. The van der Waals surface area contributed by atoms with E-state index in [1.54, 1.807) is 0 Å². The molecule has 0 heterocycles. The molecule has 3 heteroatoms. The summed E-state index contributed by atoms with van der Waals surface area (Å²) >= 11 is 0. The number of aliphatic hydroxyl groups excluding tert-OH is 1. The van der Waals surface area contributed by atoms with Crippen LogP contribution in [0, 0.1) is 16.7 Å². The van der Waals surface area contributed by atoms with Crippen LogP contribution in [-0.2, 0) is 9.53 Å². The largest absolute Gasteiger partial charge is 0.458 e. The summed E-state index contributed by atoms with van der Waals surface area (Å²) in [7, 11) is 0. The first-order valence-corrected chi connectivity index (χ1v) is 24.0. The van der Waals surface area contributed by atoms with Crippen molar-refractivity contribution in [3.8, 4) is 0 Å². The SMILES string of the molecule is CCCCCCCC/C=C/CCCCCCCC(=O)OC1C=C(C)C(/C=C/C(C)=C\C=C/C(C)=C/C=C/C=C(C)/C=C\C=C(C)/C=C/C2=C(C)CC(O)CC2(C)C)C(C)(C)C1. The van der Waals surface area contributed by atoms with Gasteiger partial charge in [-0.05, 0) is 115 Å². The van der Waals surface area contributed by atoms with Crippen LogP contribution in [0.3, 0.4) is 0 Å². The third-order valence-electron chi connectivity index (χ3n) is 12.2. The fourth-order valence-corrected chi connectivity index (χ4v) is 8.76. The highest BCUT2D eigenvalue weighted by Crippen LogP contribution is 2.43. The summed E-state index contributed by atoms with van der Waals surface area (Å²) in [4.78, 5) is 12.7. The van der Waals surface area contributed by atoms with E-state index in [9.17, 15) is 9.90 Å². The van der Waals surface area contributed by atoms with Crippen LogP contribution in [0.15, 0.2) is 142 Å². The minimum Gasteiger partial charge on any atom is -0.458 e. The quantitative estimate of drug-likeness (QED) is 0.0409. The molecule has 0 radical (unpaired) electrons. The van der Waals surface area contributed by atoms with E-state index in [1.165, 1.54) is 110 Å². The molecule has 0 saturated carbocycles. The summed E-state index contributed by atoms with van der Waals surface area (Å²) < 4.78 is 5.97. The Bertz CT molecular complexity index is 1700. The second-order valence-electron chi connectivity index (χ2n) is 19.5. The van der Waals surface area contributed by atoms with E-state index in [1.807, 2.05) is 0 Å². The van der Waals surface area contributed by atoms with Crippen LogP contribution in [0.4, 0.5) is 0 Å². The zero-order chi connectivity index (χ0) is 45.1. The maximum absolute atomic E-state index is 12.7. The van der Waals surface area contributed by atoms with E-state index in [-0.39, 0.29) is 29.0 Å². The van der Waals surface area contributed by atoms with Crippen LogP contribution in [0.1, 0.15) is 185 Å². The number of hydrogen-bond donors (Lipinski definition) is 1. The monoisotopic (exact) mass is 833 g/mol. The van der Waals surface area contributed by atoms with Crippen LogP contribution >= 0.6 is 0 Å². The second kappa shape index (κ2) is 29.6. The number of carbonyl (C=O) groups is 1. The minimum absolute atomic E-state index is 0.00335. The van der Waals surface area contributed by atoms with Crippen molar-refractivity contribution >= 4 is 5.97 Å². The lowest BCUT2D eigenvalue weighted by Crippen LogP contribution is -2.34. The normalized spacial score (nSPS) is 22.0. The Labute approximate surface area is 375 Å². The van der Waals surface area contributed by atoms with Gasteiger partial charge in [-0.25, -0.2) is 0 Å². The van der Waals surface area contributed by atoms with Crippen molar-refractivity contribution in [1.29, 1.82) is 0 Å². The first kappa shape index (κ1) is 53.4. The standard InChI is InChI=1S/C58H88O3/c1-12-13-14-15-16-17-18-19-20-21-22-23-24-25-26-37-56(60)61-53-43-51(7)55(58(10,11)45-53)41-39-49(5)36-30-34-47(3)32-28-27-31-46(2)33-29-35-48(4)38-40-54-50(6)42-52(59)44-57(54,8)9/h19-20,27-36,38-41,43,52-53,55,59H,12-18,21-26,37,42,44-45H2,1-11H3/b20-19+,28-27+,33-29-,34-30-,40-38+,41-39+,46-31+,47-32+,48-35-,49-36-. The van der Waals surface area contributed by atoms with Gasteiger partial charge in [0.15, 0.2) is 0 Å². The molecule has 0 amide bonds. The van der Waals surface area contributed by atoms with Gasteiger partial charge in [-0.2, -0.15) is 0 Å². The summed E-state index contributed by atoms with van der Waals surface area (Å²) in [5.74, 6) is 0.243. The van der Waals surface area contributed by atoms with E-state index in [0.29, 0.717) is 12.3 Å². The summed E-state index contributed by atoms with van der Waals surface area (Å²) in [5, 5.41) is 10.2. The van der Waals surface area contributed by atoms with Gasteiger partial charge < -0.3 is 9.84 Å². The highest BCUT2D eigenvalue weighted by molar-refractivity contribution is 5.69. The summed E-state index contributed by atoms with van der Waals surface area (Å²) in [5.41, 5.74) is 8.66. The Hall–Kier alpha value is -3.69. The van der Waals surface area contributed by atoms with Crippen LogP contribution in [0.5, 0.6) is 0 Å². The third kappa shape index (κ3) is 23.4. The van der Waals surface area contributed by atoms with Gasteiger partial charge in [-0.3, -0.25) is 4.79 Å². The molecule has 0 aromatic rings. The molecule has 2 aliphatic carbocycles. The Kier molecular flexibility index (Phi) is 25.9. The van der Waals surface area contributed by atoms with Gasteiger partial charge in [-0.15, -0.1) is 0 Å². The zero-order valence-electron chi connectivity index (χ0n) is 40.8. The predicted molar refractivity (Wildman–Crippen MR) is 267 cm³/mol. The molecule has 0 aliphatic heterocycles. The van der Waals surface area contributed by atoms with Gasteiger partial charge in [-0.1, -0.05) is 217 Å². The fraction of sp³-hybridized carbons (Fsp3) is 0.569. The minimum atomic E-state index is -0.234. The van der Waals surface area contributed by atoms with E-state index >= 15 is 0 Å². The molecule has 3 nitrogen and oxygen atoms in total. The molecular weight excluding hydrogens is 745 g/mol. The third-order valence-corrected chi connectivity index (χ3v) is 12.2. The number of esters is 1. The highest BCUT2D eigenvalue weighted by atomic mass is 16.5. The van der Waals surface area contributed by atoms with Crippen LogP contribution < -0.4 is 0 Å². The summed E-state index contributed by atoms with van der Waals surface area (Å²) in [6.45, 7) is 24.1. The van der Waals surface area contributed by atoms with Crippen molar-refractivity contribution in [2.45, 2.75) is 198 Å². The van der Waals surface area contributed by atoms with Gasteiger partial charge in [0.05, 0.1) is 6.10 Å². The molecule has 1 N–H and O–H groups in total. The number of carbonyl (C=O) groups excluding carboxylic acids is 1. The lowest BCUT2D eigenvalue weighted by molar-refractivity contribution is -0.148. The van der Waals surface area contributed by atoms with Gasteiger partial charge in [0.25, 0.3) is 0 Å². The molecule has 0 bridgehead atoms. The summed E-state index contributed by atoms with van der Waals surface area (Å²) in [6.07, 6.45) is 55.9. The molecule has 61 heavy (non-hydrogen) atoms. The molecule has 3 unspecified atom stereocenters. The van der Waals surface area contributed by atoms with Crippen molar-refractivity contribution < 1.29 is 14.6 Å². The van der Waals surface area contributed by atoms with Crippen molar-refractivity contribution in [2.75, 3.05) is 0 Å². The average Bonchev–Trinajstić information content (AvgIpc) is 3.16. The number of ether oxygens (including phenoxy) is 1. The van der Waals surface area contributed by atoms with E-state index in [2.05, 4.69) is 179 Å². The fourth-order valence-electron chi connectivity index (χ4n) is 8.76. The first-order valence-electron chi connectivity index (χ1n) is 24.0. The molecule has 0 fully saturated rings. The van der Waals surface area contributed by atoms with Gasteiger partial charge in [0.1, 0.15) is 6.10 Å². The van der Waals surface area contributed by atoms with Crippen LogP contribution in [0.2, 0.25) is 0 Å². The molecule has 2 aliphatic rings. The molecule has 0 aromatic carbocycles. The Morgan fingerprint density at radius 3 is 1.75 bits per heavy atom. The van der Waals surface area contributed by atoms with Crippen LogP contribution in [0.25, 0.3) is 0 Å². The lowest BCUT2D eigenvalue weighted by Gasteiger charge is -2.40. The van der Waals surface area contributed by atoms with Gasteiger partial charge in [0, 0.05) is 12.3 Å². The average molecular weight is 833 g/mol. The molecule has 338 valence electrons.